The summed E-state index contributed by atoms with van der Waals surface area (Å²) in [7, 11) is 0. The van der Waals surface area contributed by atoms with E-state index in [1.807, 2.05) is 36.4 Å². The third-order valence-corrected chi connectivity index (χ3v) is 5.60. The Bertz CT molecular complexity index is 860. The lowest BCUT2D eigenvalue weighted by atomic mass is 9.72. The lowest BCUT2D eigenvalue weighted by Gasteiger charge is -2.32. The second kappa shape index (κ2) is 9.71. The number of allylic oxidation sites excluding steroid dienone is 2. The molecule has 0 spiro atoms. The molecule has 0 heterocycles. The van der Waals surface area contributed by atoms with Gasteiger partial charge in [-0.3, -0.25) is 4.79 Å². The number of nitrogens with two attached hydrogens (primary N) is 1. The number of ether oxygens (including phenoxy) is 2. The standard InChI is InChI=1S/C21H26N4O4/c22-20(27)21(7-9-28-11-12-29-10-8-24-25-23)6-5-17-15-3-1-2-4-16(15)19(14-26)18(17)13-21/h1-6,19,26H,7-14H2,(H2,22,27). The van der Waals surface area contributed by atoms with Crippen LogP contribution in [-0.2, 0) is 14.3 Å². The van der Waals surface area contributed by atoms with Gasteiger partial charge in [-0.05, 0) is 35.1 Å². The van der Waals surface area contributed by atoms with Crippen molar-refractivity contribution in [3.05, 3.63) is 63.6 Å². The molecule has 0 fully saturated rings. The summed E-state index contributed by atoms with van der Waals surface area (Å²) in [5.41, 5.74) is 17.5. The number of nitrogens with zero attached hydrogens (tertiary/aromatic N) is 3. The number of fused-ring (bicyclic) bond motifs is 2. The number of rotatable bonds is 11. The maximum atomic E-state index is 12.4. The number of hydrogen-bond donors (Lipinski definition) is 2. The number of aliphatic hydroxyl groups is 1. The van der Waals surface area contributed by atoms with Crippen molar-refractivity contribution in [1.29, 1.82) is 0 Å². The van der Waals surface area contributed by atoms with Crippen molar-refractivity contribution in [2.75, 3.05) is 39.6 Å². The lowest BCUT2D eigenvalue weighted by molar-refractivity contribution is -0.126. The summed E-state index contributed by atoms with van der Waals surface area (Å²) < 4.78 is 10.9. The number of hydrogen-bond acceptors (Lipinski definition) is 5. The van der Waals surface area contributed by atoms with Crippen molar-refractivity contribution in [3.8, 4) is 0 Å². The van der Waals surface area contributed by atoms with E-state index in [0.717, 1.165) is 22.3 Å². The summed E-state index contributed by atoms with van der Waals surface area (Å²) in [4.78, 5) is 15.0. The Morgan fingerprint density at radius 2 is 2.03 bits per heavy atom. The fourth-order valence-electron chi connectivity index (χ4n) is 4.05. The van der Waals surface area contributed by atoms with E-state index in [0.29, 0.717) is 39.3 Å². The number of primary amides is 1. The quantitative estimate of drug-likeness (QED) is 0.257. The van der Waals surface area contributed by atoms with Crippen molar-refractivity contribution < 1.29 is 19.4 Å². The highest BCUT2D eigenvalue weighted by Crippen LogP contribution is 2.51. The minimum Gasteiger partial charge on any atom is -0.395 e. The second-order valence-corrected chi connectivity index (χ2v) is 7.22. The van der Waals surface area contributed by atoms with Gasteiger partial charge in [0.15, 0.2) is 0 Å². The van der Waals surface area contributed by atoms with Crippen LogP contribution in [-0.4, -0.2) is 50.6 Å². The summed E-state index contributed by atoms with van der Waals surface area (Å²) in [5.74, 6) is -0.488. The van der Waals surface area contributed by atoms with Crippen LogP contribution >= 0.6 is 0 Å². The van der Waals surface area contributed by atoms with Crippen LogP contribution in [0.25, 0.3) is 16.0 Å². The predicted octanol–water partition coefficient (Wildman–Crippen LogP) is 2.69. The van der Waals surface area contributed by atoms with Crippen molar-refractivity contribution in [2.24, 2.45) is 16.3 Å². The summed E-state index contributed by atoms with van der Waals surface area (Å²) in [6, 6.07) is 8.02. The molecule has 1 aromatic rings. The zero-order chi connectivity index (χ0) is 20.7. The third-order valence-electron chi connectivity index (χ3n) is 5.60. The van der Waals surface area contributed by atoms with E-state index in [9.17, 15) is 9.90 Å². The molecule has 2 atom stereocenters. The molecular weight excluding hydrogens is 372 g/mol. The summed E-state index contributed by atoms with van der Waals surface area (Å²) in [6.07, 6.45) is 4.81. The smallest absolute Gasteiger partial charge is 0.227 e. The predicted molar refractivity (Wildman–Crippen MR) is 109 cm³/mol. The van der Waals surface area contributed by atoms with E-state index in [1.54, 1.807) is 0 Å². The molecule has 8 nitrogen and oxygen atoms in total. The fraction of sp³-hybridized carbons (Fsp3) is 0.476. The first-order valence-corrected chi connectivity index (χ1v) is 9.71. The van der Waals surface area contributed by atoms with Gasteiger partial charge in [-0.25, -0.2) is 0 Å². The molecule has 0 aromatic heterocycles. The van der Waals surface area contributed by atoms with Crippen molar-refractivity contribution >= 4 is 11.5 Å². The number of benzene rings is 1. The van der Waals surface area contributed by atoms with E-state index < -0.39 is 5.41 Å². The van der Waals surface area contributed by atoms with Crippen LogP contribution in [0.1, 0.15) is 29.9 Å². The third kappa shape index (κ3) is 4.52. The van der Waals surface area contributed by atoms with Crippen LogP contribution in [0, 0.1) is 5.41 Å². The molecule has 3 N–H and O–H groups in total. The van der Waals surface area contributed by atoms with Crippen LogP contribution in [0.4, 0.5) is 0 Å². The van der Waals surface area contributed by atoms with Gasteiger partial charge in [0.1, 0.15) is 0 Å². The van der Waals surface area contributed by atoms with Crippen molar-refractivity contribution in [3.63, 3.8) is 0 Å². The highest BCUT2D eigenvalue weighted by molar-refractivity contribution is 5.91. The molecule has 1 aromatic carbocycles. The minimum absolute atomic E-state index is 0.00220. The molecule has 1 amide bonds. The Morgan fingerprint density at radius 3 is 2.76 bits per heavy atom. The Balaban J connectivity index is 1.58. The van der Waals surface area contributed by atoms with E-state index in [-0.39, 0.29) is 25.0 Å². The Labute approximate surface area is 169 Å². The number of carbonyl (C=O) groups is 1. The van der Waals surface area contributed by atoms with Gasteiger partial charge in [-0.15, -0.1) is 0 Å². The molecule has 2 unspecified atom stereocenters. The van der Waals surface area contributed by atoms with Crippen molar-refractivity contribution in [2.45, 2.75) is 18.8 Å². The summed E-state index contributed by atoms with van der Waals surface area (Å²) in [5, 5.41) is 13.4. The largest absolute Gasteiger partial charge is 0.395 e. The van der Waals surface area contributed by atoms with Gasteiger partial charge in [0.2, 0.25) is 5.91 Å². The normalized spacial score (nSPS) is 22.2. The summed E-state index contributed by atoms with van der Waals surface area (Å²) >= 11 is 0. The molecule has 0 bridgehead atoms. The van der Waals surface area contributed by atoms with E-state index in [4.69, 9.17) is 20.7 Å². The molecule has 2 aliphatic carbocycles. The number of amides is 1. The van der Waals surface area contributed by atoms with Gasteiger partial charge in [0, 0.05) is 24.0 Å². The molecule has 0 aliphatic heterocycles. The second-order valence-electron chi connectivity index (χ2n) is 7.22. The summed E-state index contributed by atoms with van der Waals surface area (Å²) in [6.45, 7) is 1.78. The van der Waals surface area contributed by atoms with Crippen LogP contribution < -0.4 is 5.73 Å². The van der Waals surface area contributed by atoms with Gasteiger partial charge in [-0.1, -0.05) is 47.1 Å². The topological polar surface area (TPSA) is 131 Å². The van der Waals surface area contributed by atoms with Gasteiger partial charge >= 0.3 is 0 Å². The first kappa shape index (κ1) is 21.1. The van der Waals surface area contributed by atoms with Crippen LogP contribution in [0.2, 0.25) is 0 Å². The number of azide groups is 1. The van der Waals surface area contributed by atoms with Gasteiger partial charge < -0.3 is 20.3 Å². The zero-order valence-corrected chi connectivity index (χ0v) is 16.3. The Morgan fingerprint density at radius 1 is 1.28 bits per heavy atom. The molecule has 2 aliphatic rings. The first-order chi connectivity index (χ1) is 14.1. The zero-order valence-electron chi connectivity index (χ0n) is 16.3. The monoisotopic (exact) mass is 398 g/mol. The molecular formula is C21H26N4O4. The highest BCUT2D eigenvalue weighted by atomic mass is 16.5. The van der Waals surface area contributed by atoms with Gasteiger partial charge in [0.05, 0.1) is 31.8 Å². The lowest BCUT2D eigenvalue weighted by Crippen LogP contribution is -2.38. The van der Waals surface area contributed by atoms with E-state index >= 15 is 0 Å². The SMILES string of the molecule is [N-]=[N+]=NCCOCCOCCC1(C(N)=O)C=CC2=C(C1)C(CO)c1ccccc12. The maximum absolute atomic E-state index is 12.4. The molecule has 0 saturated heterocycles. The average molecular weight is 398 g/mol. The van der Waals surface area contributed by atoms with Gasteiger partial charge in [-0.2, -0.15) is 0 Å². The van der Waals surface area contributed by atoms with Crippen molar-refractivity contribution in [1.82, 2.24) is 0 Å². The Kier molecular flexibility index (Phi) is 7.06. The van der Waals surface area contributed by atoms with Crippen LogP contribution in [0.3, 0.4) is 0 Å². The maximum Gasteiger partial charge on any atom is 0.227 e. The first-order valence-electron chi connectivity index (χ1n) is 9.71. The van der Waals surface area contributed by atoms with Crippen LogP contribution in [0.5, 0.6) is 0 Å². The number of aliphatic hydroxyl groups excluding tert-OH is 1. The Hall–Kier alpha value is -2.64. The molecule has 154 valence electrons. The molecule has 8 heteroatoms. The molecule has 29 heavy (non-hydrogen) atoms. The number of carbonyl (C=O) groups excluding carboxylic acids is 1. The van der Waals surface area contributed by atoms with E-state index in [1.165, 1.54) is 0 Å². The fourth-order valence-corrected chi connectivity index (χ4v) is 4.05. The molecule has 0 saturated carbocycles. The minimum atomic E-state index is -0.823. The van der Waals surface area contributed by atoms with Gasteiger partial charge in [0.25, 0.3) is 0 Å². The van der Waals surface area contributed by atoms with Crippen LogP contribution in [0.15, 0.2) is 47.1 Å². The molecule has 0 radical (unpaired) electrons. The molecule has 3 rings (SSSR count). The highest BCUT2D eigenvalue weighted by Gasteiger charge is 2.42. The average Bonchev–Trinajstić information content (AvgIpc) is 3.05. The van der Waals surface area contributed by atoms with E-state index in [2.05, 4.69) is 10.0 Å².